The fraction of sp³-hybridized carbons (Fsp3) is 0.167. The number of rotatable bonds is 8. The zero-order chi connectivity index (χ0) is 23.4. The number of hydrogen-bond acceptors (Lipinski definition) is 5. The number of benzene rings is 3. The van der Waals surface area contributed by atoms with Crippen molar-refractivity contribution < 1.29 is 9.59 Å². The minimum absolute atomic E-state index is 0.00534. The summed E-state index contributed by atoms with van der Waals surface area (Å²) in [7, 11) is 0. The van der Waals surface area contributed by atoms with E-state index in [-0.39, 0.29) is 17.4 Å². The predicted molar refractivity (Wildman–Crippen MR) is 133 cm³/mol. The number of halogens is 2. The Morgan fingerprint density at radius 2 is 1.76 bits per heavy atom. The van der Waals surface area contributed by atoms with Gasteiger partial charge in [0.05, 0.1) is 21.5 Å². The molecule has 168 valence electrons. The Labute approximate surface area is 205 Å². The van der Waals surface area contributed by atoms with Gasteiger partial charge in [-0.2, -0.15) is 0 Å². The highest BCUT2D eigenvalue weighted by molar-refractivity contribution is 7.99. The molecule has 33 heavy (non-hydrogen) atoms. The van der Waals surface area contributed by atoms with E-state index >= 15 is 0 Å². The van der Waals surface area contributed by atoms with Gasteiger partial charge in [-0.3, -0.25) is 14.2 Å². The molecule has 0 atom stereocenters. The van der Waals surface area contributed by atoms with Crippen molar-refractivity contribution in [2.45, 2.75) is 18.5 Å². The highest BCUT2D eigenvalue weighted by Crippen LogP contribution is 2.29. The second-order valence-corrected chi connectivity index (χ2v) is 9.10. The molecule has 0 aliphatic rings. The van der Waals surface area contributed by atoms with Gasteiger partial charge in [0, 0.05) is 25.5 Å². The van der Waals surface area contributed by atoms with Crippen LogP contribution >= 0.6 is 35.0 Å². The van der Waals surface area contributed by atoms with Crippen molar-refractivity contribution in [2.75, 3.05) is 12.3 Å². The first-order valence-electron chi connectivity index (χ1n) is 10.2. The standard InChI is InChI=1S/C24H20Cl2N4O2S/c1-15(31)27-11-10-23-28-29-24(30(23)19-8-9-20(25)21(26)13-19)33-14-22(32)18-7-6-16-4-2-3-5-17(16)12-18/h2-9,12-13H,10-11,14H2,1H3,(H,27,31). The molecule has 9 heteroatoms. The van der Waals surface area contributed by atoms with Gasteiger partial charge >= 0.3 is 0 Å². The molecule has 0 unspecified atom stereocenters. The number of carbonyl (C=O) groups excluding carboxylic acids is 2. The van der Waals surface area contributed by atoms with Crippen LogP contribution in [0.1, 0.15) is 23.1 Å². The second-order valence-electron chi connectivity index (χ2n) is 7.34. The van der Waals surface area contributed by atoms with Crippen LogP contribution in [0.25, 0.3) is 16.5 Å². The van der Waals surface area contributed by atoms with Gasteiger partial charge in [-0.15, -0.1) is 10.2 Å². The normalized spacial score (nSPS) is 11.0. The Hall–Kier alpha value is -2.87. The summed E-state index contributed by atoms with van der Waals surface area (Å²) in [4.78, 5) is 24.1. The van der Waals surface area contributed by atoms with Crippen molar-refractivity contribution >= 4 is 57.4 Å². The van der Waals surface area contributed by atoms with Crippen molar-refractivity contribution in [3.05, 3.63) is 82.1 Å². The Balaban J connectivity index is 1.57. The summed E-state index contributed by atoms with van der Waals surface area (Å²) < 4.78 is 1.84. The molecular weight excluding hydrogens is 479 g/mol. The number of Topliss-reactive ketones (excluding diaryl/α,β-unsaturated/α-hetero) is 1. The van der Waals surface area contributed by atoms with E-state index in [4.69, 9.17) is 23.2 Å². The largest absolute Gasteiger partial charge is 0.356 e. The van der Waals surface area contributed by atoms with Crippen molar-refractivity contribution in [1.82, 2.24) is 20.1 Å². The first-order chi connectivity index (χ1) is 15.9. The Bertz CT molecular complexity index is 1340. The Morgan fingerprint density at radius 3 is 2.52 bits per heavy atom. The van der Waals surface area contributed by atoms with E-state index in [2.05, 4.69) is 15.5 Å². The predicted octanol–water partition coefficient (Wildman–Crippen LogP) is 5.38. The zero-order valence-corrected chi connectivity index (χ0v) is 20.0. The summed E-state index contributed by atoms with van der Waals surface area (Å²) >= 11 is 13.6. The quantitative estimate of drug-likeness (QED) is 0.260. The monoisotopic (exact) mass is 498 g/mol. The minimum Gasteiger partial charge on any atom is -0.356 e. The Kier molecular flexibility index (Phi) is 7.33. The molecule has 0 radical (unpaired) electrons. The van der Waals surface area contributed by atoms with Gasteiger partial charge in [0.15, 0.2) is 10.9 Å². The van der Waals surface area contributed by atoms with E-state index in [1.165, 1.54) is 18.7 Å². The Morgan fingerprint density at radius 1 is 0.970 bits per heavy atom. The van der Waals surface area contributed by atoms with Gasteiger partial charge in [-0.1, -0.05) is 71.4 Å². The van der Waals surface area contributed by atoms with E-state index in [1.807, 2.05) is 53.1 Å². The van der Waals surface area contributed by atoms with E-state index in [0.717, 1.165) is 16.5 Å². The molecule has 1 amide bonds. The number of nitrogens with zero attached hydrogens (tertiary/aromatic N) is 3. The molecule has 0 bridgehead atoms. The molecule has 4 rings (SSSR count). The lowest BCUT2D eigenvalue weighted by Crippen LogP contribution is -2.23. The fourth-order valence-corrected chi connectivity index (χ4v) is 4.52. The maximum Gasteiger partial charge on any atom is 0.216 e. The molecule has 0 fully saturated rings. The number of thioether (sulfide) groups is 1. The van der Waals surface area contributed by atoms with Crippen LogP contribution in [0.2, 0.25) is 10.0 Å². The number of fused-ring (bicyclic) bond motifs is 1. The van der Waals surface area contributed by atoms with Crippen molar-refractivity contribution in [1.29, 1.82) is 0 Å². The molecule has 0 saturated heterocycles. The minimum atomic E-state index is -0.119. The number of carbonyl (C=O) groups is 2. The van der Waals surface area contributed by atoms with E-state index in [1.54, 1.807) is 12.1 Å². The van der Waals surface area contributed by atoms with Gasteiger partial charge in [0.2, 0.25) is 5.91 Å². The van der Waals surface area contributed by atoms with Crippen LogP contribution in [0.3, 0.4) is 0 Å². The lowest BCUT2D eigenvalue weighted by Gasteiger charge is -2.11. The zero-order valence-electron chi connectivity index (χ0n) is 17.7. The van der Waals surface area contributed by atoms with Gasteiger partial charge in [0.1, 0.15) is 5.82 Å². The second kappa shape index (κ2) is 10.4. The molecular formula is C24H20Cl2N4O2S. The summed E-state index contributed by atoms with van der Waals surface area (Å²) in [6.07, 6.45) is 0.464. The molecule has 0 spiro atoms. The van der Waals surface area contributed by atoms with Crippen LogP contribution in [-0.4, -0.2) is 38.8 Å². The average Bonchev–Trinajstić information content (AvgIpc) is 3.21. The molecule has 0 aliphatic heterocycles. The van der Waals surface area contributed by atoms with Gasteiger partial charge in [0.25, 0.3) is 0 Å². The van der Waals surface area contributed by atoms with Gasteiger partial charge < -0.3 is 5.32 Å². The van der Waals surface area contributed by atoms with Crippen LogP contribution < -0.4 is 5.32 Å². The number of amides is 1. The molecule has 0 aliphatic carbocycles. The molecule has 0 saturated carbocycles. The first-order valence-corrected chi connectivity index (χ1v) is 12.0. The third kappa shape index (κ3) is 5.55. The lowest BCUT2D eigenvalue weighted by atomic mass is 10.1. The number of ketones is 1. The van der Waals surface area contributed by atoms with E-state index in [0.29, 0.717) is 39.6 Å². The van der Waals surface area contributed by atoms with Crippen molar-refractivity contribution in [3.8, 4) is 5.69 Å². The smallest absolute Gasteiger partial charge is 0.216 e. The van der Waals surface area contributed by atoms with Gasteiger partial charge in [-0.05, 0) is 35.0 Å². The van der Waals surface area contributed by atoms with Gasteiger partial charge in [-0.25, -0.2) is 0 Å². The molecule has 6 nitrogen and oxygen atoms in total. The molecule has 1 N–H and O–H groups in total. The highest BCUT2D eigenvalue weighted by atomic mass is 35.5. The third-order valence-corrected chi connectivity index (χ3v) is 6.66. The van der Waals surface area contributed by atoms with Crippen LogP contribution in [-0.2, 0) is 11.2 Å². The number of aromatic nitrogens is 3. The van der Waals surface area contributed by atoms with Crippen molar-refractivity contribution in [3.63, 3.8) is 0 Å². The molecule has 1 aromatic heterocycles. The van der Waals surface area contributed by atoms with Crippen molar-refractivity contribution in [2.24, 2.45) is 0 Å². The average molecular weight is 499 g/mol. The maximum absolute atomic E-state index is 12.9. The fourth-order valence-electron chi connectivity index (χ4n) is 3.37. The van der Waals surface area contributed by atoms with Crippen LogP contribution in [0.15, 0.2) is 65.8 Å². The van der Waals surface area contributed by atoms with E-state index < -0.39 is 0 Å². The topological polar surface area (TPSA) is 76.9 Å². The van der Waals surface area contributed by atoms with Crippen LogP contribution in [0, 0.1) is 0 Å². The SMILES string of the molecule is CC(=O)NCCc1nnc(SCC(=O)c2ccc3ccccc3c2)n1-c1ccc(Cl)c(Cl)c1. The summed E-state index contributed by atoms with van der Waals surface area (Å²) in [5, 5.41) is 14.8. The summed E-state index contributed by atoms with van der Waals surface area (Å²) in [6.45, 7) is 1.87. The summed E-state index contributed by atoms with van der Waals surface area (Å²) in [5.74, 6) is 0.715. The summed E-state index contributed by atoms with van der Waals surface area (Å²) in [6, 6.07) is 18.9. The van der Waals surface area contributed by atoms with Crippen LogP contribution in [0.4, 0.5) is 0 Å². The third-order valence-electron chi connectivity index (χ3n) is 4.99. The lowest BCUT2D eigenvalue weighted by molar-refractivity contribution is -0.118. The summed E-state index contributed by atoms with van der Waals surface area (Å²) in [5.41, 5.74) is 1.38. The molecule has 4 aromatic rings. The molecule has 1 heterocycles. The highest BCUT2D eigenvalue weighted by Gasteiger charge is 2.17. The maximum atomic E-state index is 12.9. The first kappa shape index (κ1) is 23.3. The van der Waals surface area contributed by atoms with Crippen LogP contribution in [0.5, 0.6) is 0 Å². The molecule has 3 aromatic carbocycles. The van der Waals surface area contributed by atoms with E-state index in [9.17, 15) is 9.59 Å². The number of nitrogens with one attached hydrogen (secondary N) is 1. The number of hydrogen-bond donors (Lipinski definition) is 1.